The Balaban J connectivity index is 3.96. The van der Waals surface area contributed by atoms with Crippen molar-refractivity contribution in [2.75, 3.05) is 6.61 Å². The minimum Gasteiger partial charge on any atom is -0.462 e. The topological polar surface area (TPSA) is 89.9 Å². The molecule has 0 bridgehead atoms. The third-order valence-corrected chi connectivity index (χ3v) is 2.50. The van der Waals surface area contributed by atoms with Crippen molar-refractivity contribution in [3.05, 3.63) is 12.2 Å². The van der Waals surface area contributed by atoms with Gasteiger partial charge in [0.25, 0.3) is 0 Å². The Bertz CT molecular complexity index is 382. The van der Waals surface area contributed by atoms with Crippen LogP contribution in [0.1, 0.15) is 33.6 Å². The van der Waals surface area contributed by atoms with Gasteiger partial charge in [-0.25, -0.2) is 8.98 Å². The van der Waals surface area contributed by atoms with E-state index in [9.17, 15) is 13.2 Å². The summed E-state index contributed by atoms with van der Waals surface area (Å²) >= 11 is 0. The van der Waals surface area contributed by atoms with Crippen molar-refractivity contribution in [1.82, 2.24) is 0 Å². The molecule has 0 aromatic rings. The molecule has 17 heavy (non-hydrogen) atoms. The smallest absolute Gasteiger partial charge is 0.397 e. The lowest BCUT2D eigenvalue weighted by Crippen LogP contribution is -2.28. The van der Waals surface area contributed by atoms with E-state index in [4.69, 9.17) is 9.29 Å². The van der Waals surface area contributed by atoms with Crippen LogP contribution in [0.5, 0.6) is 0 Å². The van der Waals surface area contributed by atoms with Crippen LogP contribution in [-0.4, -0.2) is 31.1 Å². The number of ether oxygens (including phenoxy) is 1. The molecule has 0 fully saturated rings. The summed E-state index contributed by atoms with van der Waals surface area (Å²) in [4.78, 5) is 11.0. The molecule has 0 heterocycles. The Morgan fingerprint density at radius 1 is 1.41 bits per heavy atom. The lowest BCUT2D eigenvalue weighted by Gasteiger charge is -2.22. The van der Waals surface area contributed by atoms with E-state index in [0.717, 1.165) is 0 Å². The molecule has 0 amide bonds. The van der Waals surface area contributed by atoms with Crippen LogP contribution < -0.4 is 0 Å². The zero-order valence-electron chi connectivity index (χ0n) is 10.2. The van der Waals surface area contributed by atoms with Crippen LogP contribution in [0.3, 0.4) is 0 Å². The van der Waals surface area contributed by atoms with Crippen molar-refractivity contribution in [2.24, 2.45) is 0 Å². The molecule has 0 aromatic carbocycles. The molecular formula is C10H18O6S. The highest BCUT2D eigenvalue weighted by molar-refractivity contribution is 7.80. The molecule has 0 rings (SSSR count). The summed E-state index contributed by atoms with van der Waals surface area (Å²) in [6.07, 6.45) is 0.734. The number of hydrogen-bond donors (Lipinski definition) is 1. The number of esters is 1. The lowest BCUT2D eigenvalue weighted by atomic mass is 10.0. The predicted octanol–water partition coefficient (Wildman–Crippen LogP) is 1.48. The van der Waals surface area contributed by atoms with Crippen molar-refractivity contribution < 1.29 is 26.7 Å². The van der Waals surface area contributed by atoms with E-state index in [1.807, 2.05) is 0 Å². The van der Waals surface area contributed by atoms with Crippen molar-refractivity contribution in [3.63, 3.8) is 0 Å². The fourth-order valence-electron chi connectivity index (χ4n) is 1.11. The molecule has 0 aliphatic heterocycles. The quantitative estimate of drug-likeness (QED) is 0.325. The summed E-state index contributed by atoms with van der Waals surface area (Å²) in [6, 6.07) is 0. The van der Waals surface area contributed by atoms with Gasteiger partial charge in [0.1, 0.15) is 0 Å². The van der Waals surface area contributed by atoms with E-state index in [0.29, 0.717) is 18.4 Å². The average Bonchev–Trinajstić information content (AvgIpc) is 2.07. The molecule has 100 valence electrons. The highest BCUT2D eigenvalue weighted by atomic mass is 32.3. The molecule has 7 heteroatoms. The third kappa shape index (κ3) is 8.84. The molecule has 6 nitrogen and oxygen atoms in total. The Hall–Kier alpha value is -0.920. The Labute approximate surface area is 102 Å². The van der Waals surface area contributed by atoms with Crippen molar-refractivity contribution >= 4 is 16.4 Å². The molecule has 0 spiro atoms. The van der Waals surface area contributed by atoms with E-state index >= 15 is 0 Å². The normalized spacial score (nSPS) is 12.2. The number of carbonyl (C=O) groups is 1. The summed E-state index contributed by atoms with van der Waals surface area (Å²) < 4.78 is 38.8. The predicted molar refractivity (Wildman–Crippen MR) is 61.7 cm³/mol. The van der Waals surface area contributed by atoms with E-state index < -0.39 is 22.0 Å². The van der Waals surface area contributed by atoms with Crippen LogP contribution in [0, 0.1) is 0 Å². The van der Waals surface area contributed by atoms with Crippen LogP contribution >= 0.6 is 0 Å². The van der Waals surface area contributed by atoms with E-state index in [1.54, 1.807) is 0 Å². The zero-order chi connectivity index (χ0) is 13.7. The first-order chi connectivity index (χ1) is 7.53. The first kappa shape index (κ1) is 16.1. The van der Waals surface area contributed by atoms with Crippen LogP contribution in [-0.2, 0) is 24.1 Å². The fourth-order valence-corrected chi connectivity index (χ4v) is 1.77. The van der Waals surface area contributed by atoms with Gasteiger partial charge in [0.15, 0.2) is 0 Å². The van der Waals surface area contributed by atoms with Gasteiger partial charge in [-0.15, -0.1) is 0 Å². The molecular weight excluding hydrogens is 248 g/mol. The summed E-state index contributed by atoms with van der Waals surface area (Å²) in [5.74, 6) is -0.487. The van der Waals surface area contributed by atoms with Gasteiger partial charge in [0, 0.05) is 5.57 Å². The van der Waals surface area contributed by atoms with Crippen LogP contribution in [0.15, 0.2) is 12.2 Å². The van der Waals surface area contributed by atoms with Crippen molar-refractivity contribution in [3.8, 4) is 0 Å². The number of rotatable bonds is 7. The van der Waals surface area contributed by atoms with E-state index in [1.165, 1.54) is 20.8 Å². The molecule has 0 unspecified atom stereocenters. The largest absolute Gasteiger partial charge is 0.462 e. The number of hydrogen-bond acceptors (Lipinski definition) is 5. The fraction of sp³-hybridized carbons (Fsp3) is 0.700. The molecule has 0 saturated carbocycles. The Morgan fingerprint density at radius 2 is 1.94 bits per heavy atom. The van der Waals surface area contributed by atoms with Gasteiger partial charge in [0.2, 0.25) is 0 Å². The van der Waals surface area contributed by atoms with Crippen molar-refractivity contribution in [2.45, 2.75) is 39.2 Å². The van der Waals surface area contributed by atoms with Crippen LogP contribution in [0.4, 0.5) is 0 Å². The number of carbonyl (C=O) groups excluding carboxylic acids is 1. The van der Waals surface area contributed by atoms with Gasteiger partial charge >= 0.3 is 16.4 Å². The van der Waals surface area contributed by atoms with Crippen molar-refractivity contribution in [1.29, 1.82) is 0 Å². The monoisotopic (exact) mass is 266 g/mol. The average molecular weight is 266 g/mol. The SMILES string of the molecule is C=C(C)C(=O)OCCCC(C)(C)OS(=O)(=O)O. The first-order valence-electron chi connectivity index (χ1n) is 5.04. The highest BCUT2D eigenvalue weighted by Gasteiger charge is 2.25. The molecule has 0 atom stereocenters. The summed E-state index contributed by atoms with van der Waals surface area (Å²) in [5.41, 5.74) is -0.734. The zero-order valence-corrected chi connectivity index (χ0v) is 11.0. The van der Waals surface area contributed by atoms with Gasteiger partial charge in [-0.1, -0.05) is 6.58 Å². The van der Waals surface area contributed by atoms with Gasteiger partial charge in [-0.05, 0) is 33.6 Å². The van der Waals surface area contributed by atoms with Crippen LogP contribution in [0.25, 0.3) is 0 Å². The van der Waals surface area contributed by atoms with Gasteiger partial charge in [-0.3, -0.25) is 4.55 Å². The standard InChI is InChI=1S/C10H18O6S/c1-8(2)9(11)15-7-5-6-10(3,4)16-17(12,13)14/h1,5-7H2,2-4H3,(H,12,13,14). The molecule has 0 aromatic heterocycles. The summed E-state index contributed by atoms with van der Waals surface area (Å²) in [5, 5.41) is 0. The maximum atomic E-state index is 11.0. The second kappa shape index (κ2) is 6.13. The molecule has 0 aliphatic rings. The minimum absolute atomic E-state index is 0.143. The van der Waals surface area contributed by atoms with E-state index in [-0.39, 0.29) is 6.61 Å². The maximum absolute atomic E-state index is 11.0. The van der Waals surface area contributed by atoms with Crippen LogP contribution in [0.2, 0.25) is 0 Å². The van der Waals surface area contributed by atoms with E-state index in [2.05, 4.69) is 10.8 Å². The molecule has 1 N–H and O–H groups in total. The van der Waals surface area contributed by atoms with Gasteiger partial charge < -0.3 is 4.74 Å². The first-order valence-corrected chi connectivity index (χ1v) is 6.41. The Morgan fingerprint density at radius 3 is 2.35 bits per heavy atom. The van der Waals surface area contributed by atoms with Gasteiger partial charge in [-0.2, -0.15) is 8.42 Å². The molecule has 0 saturated heterocycles. The summed E-state index contributed by atoms with van der Waals surface area (Å²) in [7, 11) is -4.47. The third-order valence-electron chi connectivity index (χ3n) is 1.84. The maximum Gasteiger partial charge on any atom is 0.397 e. The summed E-state index contributed by atoms with van der Waals surface area (Å²) in [6.45, 7) is 8.13. The minimum atomic E-state index is -4.47. The lowest BCUT2D eigenvalue weighted by molar-refractivity contribution is -0.139. The second-order valence-electron chi connectivity index (χ2n) is 4.29. The Kier molecular flexibility index (Phi) is 5.80. The molecule has 0 radical (unpaired) electrons. The highest BCUT2D eigenvalue weighted by Crippen LogP contribution is 2.18. The second-order valence-corrected chi connectivity index (χ2v) is 5.31. The molecule has 0 aliphatic carbocycles. The van der Waals surface area contributed by atoms with Gasteiger partial charge in [0.05, 0.1) is 12.2 Å².